The van der Waals surface area contributed by atoms with Crippen molar-refractivity contribution < 1.29 is 13.9 Å². The van der Waals surface area contributed by atoms with Gasteiger partial charge in [-0.25, -0.2) is 4.39 Å². The smallest absolute Gasteiger partial charge is 0.165 e. The Kier molecular flexibility index (Phi) is 4.47. The molecular formula is C13H17FO2. The first-order valence-electron chi connectivity index (χ1n) is 5.50. The van der Waals surface area contributed by atoms with Crippen LogP contribution in [0.1, 0.15) is 37.6 Å². The van der Waals surface area contributed by atoms with Crippen molar-refractivity contribution in [1.29, 1.82) is 0 Å². The molecule has 0 N–H and O–H groups in total. The van der Waals surface area contributed by atoms with Crippen LogP contribution in [0.2, 0.25) is 0 Å². The number of hydrogen-bond donors (Lipinski definition) is 0. The van der Waals surface area contributed by atoms with Gasteiger partial charge in [-0.2, -0.15) is 0 Å². The molecule has 0 aliphatic carbocycles. The van der Waals surface area contributed by atoms with Gasteiger partial charge < -0.3 is 4.74 Å². The molecule has 3 heteroatoms. The summed E-state index contributed by atoms with van der Waals surface area (Å²) in [6.07, 6.45) is 0.412. The van der Waals surface area contributed by atoms with Crippen molar-refractivity contribution >= 4 is 5.78 Å². The lowest BCUT2D eigenvalue weighted by molar-refractivity contribution is 0.0987. The lowest BCUT2D eigenvalue weighted by Gasteiger charge is -2.10. The molecule has 1 aromatic rings. The Hall–Kier alpha value is -1.38. The number of benzene rings is 1. The highest BCUT2D eigenvalue weighted by Gasteiger charge is 2.09. The van der Waals surface area contributed by atoms with E-state index < -0.39 is 5.82 Å². The summed E-state index contributed by atoms with van der Waals surface area (Å²) in [6.45, 7) is 6.19. The summed E-state index contributed by atoms with van der Waals surface area (Å²) in [7, 11) is 0. The number of carbonyl (C=O) groups is 1. The fourth-order valence-corrected chi connectivity index (χ4v) is 1.25. The van der Waals surface area contributed by atoms with Crippen LogP contribution in [-0.4, -0.2) is 12.4 Å². The third-order valence-corrected chi connectivity index (χ3v) is 2.15. The van der Waals surface area contributed by atoms with E-state index in [-0.39, 0.29) is 11.5 Å². The first-order valence-corrected chi connectivity index (χ1v) is 5.50. The molecule has 0 radical (unpaired) electrons. The third-order valence-electron chi connectivity index (χ3n) is 2.15. The molecule has 0 spiro atoms. The maximum Gasteiger partial charge on any atom is 0.165 e. The molecule has 0 amide bonds. The molecule has 0 saturated carbocycles. The van der Waals surface area contributed by atoms with Gasteiger partial charge in [-0.15, -0.1) is 0 Å². The van der Waals surface area contributed by atoms with Crippen LogP contribution in [-0.2, 0) is 0 Å². The number of carbonyl (C=O) groups excluding carboxylic acids is 1. The van der Waals surface area contributed by atoms with Gasteiger partial charge in [0.2, 0.25) is 0 Å². The number of hydrogen-bond acceptors (Lipinski definition) is 2. The molecular weight excluding hydrogens is 207 g/mol. The Bertz CT molecular complexity index is 372. The van der Waals surface area contributed by atoms with Gasteiger partial charge >= 0.3 is 0 Å². The van der Waals surface area contributed by atoms with Crippen molar-refractivity contribution in [3.8, 4) is 5.75 Å². The zero-order valence-electron chi connectivity index (χ0n) is 9.92. The largest absolute Gasteiger partial charge is 0.490 e. The van der Waals surface area contributed by atoms with Crippen LogP contribution in [0.5, 0.6) is 5.75 Å². The van der Waals surface area contributed by atoms with Gasteiger partial charge in [0.15, 0.2) is 17.3 Å². The van der Waals surface area contributed by atoms with Crippen LogP contribution >= 0.6 is 0 Å². The predicted octanol–water partition coefficient (Wildman–Crippen LogP) is 3.45. The van der Waals surface area contributed by atoms with Crippen molar-refractivity contribution in [3.05, 3.63) is 29.6 Å². The number of ketones is 1. The predicted molar refractivity (Wildman–Crippen MR) is 61.4 cm³/mol. The Morgan fingerprint density at radius 1 is 1.44 bits per heavy atom. The standard InChI is InChI=1S/C13H17FO2/c1-4-12(15)10-5-6-11(14)13(7-10)16-8-9(2)3/h5-7,9H,4,8H2,1-3H3. The van der Waals surface area contributed by atoms with E-state index in [1.807, 2.05) is 13.8 Å². The summed E-state index contributed by atoms with van der Waals surface area (Å²) in [5, 5.41) is 0. The van der Waals surface area contributed by atoms with Gasteiger partial charge in [0, 0.05) is 12.0 Å². The van der Waals surface area contributed by atoms with E-state index >= 15 is 0 Å². The fraction of sp³-hybridized carbons (Fsp3) is 0.462. The maximum atomic E-state index is 13.4. The molecule has 0 saturated heterocycles. The van der Waals surface area contributed by atoms with Crippen molar-refractivity contribution in [3.63, 3.8) is 0 Å². The second-order valence-electron chi connectivity index (χ2n) is 4.13. The zero-order valence-corrected chi connectivity index (χ0v) is 9.92. The third kappa shape index (κ3) is 3.33. The first kappa shape index (κ1) is 12.7. The van der Waals surface area contributed by atoms with E-state index in [2.05, 4.69) is 0 Å². The molecule has 0 bridgehead atoms. The highest BCUT2D eigenvalue weighted by atomic mass is 19.1. The summed E-state index contributed by atoms with van der Waals surface area (Å²) in [4.78, 5) is 11.4. The Labute approximate surface area is 95.4 Å². The molecule has 0 heterocycles. The van der Waals surface area contributed by atoms with E-state index in [9.17, 15) is 9.18 Å². The molecule has 0 atom stereocenters. The van der Waals surface area contributed by atoms with Crippen LogP contribution in [0, 0.1) is 11.7 Å². The second-order valence-corrected chi connectivity index (χ2v) is 4.13. The van der Waals surface area contributed by atoms with Gasteiger partial charge in [0.05, 0.1) is 6.61 Å². The van der Waals surface area contributed by atoms with E-state index in [4.69, 9.17) is 4.74 Å². The molecule has 0 unspecified atom stereocenters. The topological polar surface area (TPSA) is 26.3 Å². The van der Waals surface area contributed by atoms with Crippen LogP contribution < -0.4 is 4.74 Å². The monoisotopic (exact) mass is 224 g/mol. The summed E-state index contributed by atoms with van der Waals surface area (Å²) < 4.78 is 18.7. The maximum absolute atomic E-state index is 13.4. The Balaban J connectivity index is 2.86. The molecule has 88 valence electrons. The summed E-state index contributed by atoms with van der Waals surface area (Å²) in [5.74, 6) is 0.0561. The number of Topliss-reactive ketones (excluding diaryl/α,β-unsaturated/α-hetero) is 1. The van der Waals surface area contributed by atoms with Gasteiger partial charge in [-0.1, -0.05) is 20.8 Å². The molecule has 1 aromatic carbocycles. The zero-order chi connectivity index (χ0) is 12.1. The van der Waals surface area contributed by atoms with E-state index in [1.54, 1.807) is 6.92 Å². The summed E-state index contributed by atoms with van der Waals surface area (Å²) in [6, 6.07) is 4.24. The highest BCUT2D eigenvalue weighted by Crippen LogP contribution is 2.20. The van der Waals surface area contributed by atoms with Gasteiger partial charge in [-0.05, 0) is 24.1 Å². The van der Waals surface area contributed by atoms with Crippen LogP contribution in [0.25, 0.3) is 0 Å². The van der Waals surface area contributed by atoms with Gasteiger partial charge in [0.25, 0.3) is 0 Å². The molecule has 0 aromatic heterocycles. The van der Waals surface area contributed by atoms with Crippen LogP contribution in [0.15, 0.2) is 18.2 Å². The Morgan fingerprint density at radius 3 is 2.69 bits per heavy atom. The second kappa shape index (κ2) is 5.64. The number of halogens is 1. The van der Waals surface area contributed by atoms with Crippen LogP contribution in [0.3, 0.4) is 0 Å². The molecule has 0 fully saturated rings. The molecule has 1 rings (SSSR count). The van der Waals surface area contributed by atoms with E-state index in [0.29, 0.717) is 24.5 Å². The van der Waals surface area contributed by atoms with Gasteiger partial charge in [0.1, 0.15) is 0 Å². The Morgan fingerprint density at radius 2 is 2.12 bits per heavy atom. The van der Waals surface area contributed by atoms with Crippen molar-refractivity contribution in [1.82, 2.24) is 0 Å². The average Bonchev–Trinajstić information content (AvgIpc) is 2.26. The molecule has 2 nitrogen and oxygen atoms in total. The van der Waals surface area contributed by atoms with E-state index in [0.717, 1.165) is 0 Å². The van der Waals surface area contributed by atoms with Gasteiger partial charge in [-0.3, -0.25) is 4.79 Å². The first-order chi connectivity index (χ1) is 7.54. The summed E-state index contributed by atoms with van der Waals surface area (Å²) >= 11 is 0. The van der Waals surface area contributed by atoms with Crippen molar-refractivity contribution in [2.45, 2.75) is 27.2 Å². The van der Waals surface area contributed by atoms with Crippen LogP contribution in [0.4, 0.5) is 4.39 Å². The molecule has 0 aliphatic heterocycles. The lowest BCUT2D eigenvalue weighted by atomic mass is 10.1. The van der Waals surface area contributed by atoms with Crippen molar-refractivity contribution in [2.75, 3.05) is 6.61 Å². The SMILES string of the molecule is CCC(=O)c1ccc(F)c(OCC(C)C)c1. The minimum Gasteiger partial charge on any atom is -0.490 e. The molecule has 0 aliphatic rings. The van der Waals surface area contributed by atoms with E-state index in [1.165, 1.54) is 18.2 Å². The average molecular weight is 224 g/mol. The molecule has 16 heavy (non-hydrogen) atoms. The highest BCUT2D eigenvalue weighted by molar-refractivity contribution is 5.96. The number of rotatable bonds is 5. The van der Waals surface area contributed by atoms with Crippen molar-refractivity contribution in [2.24, 2.45) is 5.92 Å². The quantitative estimate of drug-likeness (QED) is 0.716. The summed E-state index contributed by atoms with van der Waals surface area (Å²) in [5.41, 5.74) is 0.502. The lowest BCUT2D eigenvalue weighted by Crippen LogP contribution is -2.07. The minimum absolute atomic E-state index is 0.00519. The fourth-order valence-electron chi connectivity index (χ4n) is 1.25. The normalized spacial score (nSPS) is 10.6. The number of ether oxygens (including phenoxy) is 1. The minimum atomic E-state index is -0.423.